The summed E-state index contributed by atoms with van der Waals surface area (Å²) in [6.07, 6.45) is 4.75. The molecule has 3 aromatic rings. The Labute approximate surface area is 194 Å². The number of anilines is 1. The molecule has 2 heterocycles. The van der Waals surface area contributed by atoms with Crippen molar-refractivity contribution in [3.05, 3.63) is 77.6 Å². The van der Waals surface area contributed by atoms with E-state index >= 15 is 0 Å². The summed E-state index contributed by atoms with van der Waals surface area (Å²) in [5.41, 5.74) is 3.87. The molecule has 5 nitrogen and oxygen atoms in total. The fraction of sp³-hybridized carbons (Fsp3) is 0.357. The van der Waals surface area contributed by atoms with E-state index in [4.69, 9.17) is 4.42 Å². The topological polar surface area (TPSA) is 62.6 Å². The van der Waals surface area contributed by atoms with Crippen LogP contribution in [0.25, 0.3) is 11.3 Å². The third kappa shape index (κ3) is 4.45. The van der Waals surface area contributed by atoms with Gasteiger partial charge in [0.15, 0.2) is 0 Å². The molecule has 0 spiro atoms. The zero-order valence-corrected chi connectivity index (χ0v) is 19.0. The number of fused-ring (bicyclic) bond motifs is 1. The molecule has 1 aliphatic heterocycles. The molecule has 1 saturated carbocycles. The van der Waals surface area contributed by atoms with Crippen molar-refractivity contribution in [1.29, 1.82) is 0 Å². The Hall–Kier alpha value is -3.34. The molecular formula is C28H30N2O3. The Balaban J connectivity index is 1.25. The van der Waals surface area contributed by atoms with Crippen LogP contribution in [-0.2, 0) is 22.6 Å². The number of carbonyl (C=O) groups is 2. The van der Waals surface area contributed by atoms with E-state index in [2.05, 4.69) is 11.4 Å². The van der Waals surface area contributed by atoms with E-state index in [0.717, 1.165) is 66.1 Å². The highest BCUT2D eigenvalue weighted by Gasteiger charge is 2.32. The molecule has 1 unspecified atom stereocenters. The average Bonchev–Trinajstić information content (AvgIpc) is 3.23. The van der Waals surface area contributed by atoms with Crippen LogP contribution in [0.4, 0.5) is 5.69 Å². The monoisotopic (exact) mass is 442 g/mol. The van der Waals surface area contributed by atoms with Gasteiger partial charge in [-0.15, -0.1) is 0 Å². The van der Waals surface area contributed by atoms with E-state index in [-0.39, 0.29) is 17.7 Å². The average molecular weight is 443 g/mol. The van der Waals surface area contributed by atoms with Crippen LogP contribution in [0.5, 0.6) is 0 Å². The number of carbonyl (C=O) groups excluding carboxylic acids is 2. The highest BCUT2D eigenvalue weighted by molar-refractivity contribution is 5.96. The molecule has 0 radical (unpaired) electrons. The van der Waals surface area contributed by atoms with Gasteiger partial charge in [0, 0.05) is 42.2 Å². The first-order valence-corrected chi connectivity index (χ1v) is 12.0. The van der Waals surface area contributed by atoms with Crippen LogP contribution in [0.15, 0.2) is 65.1 Å². The summed E-state index contributed by atoms with van der Waals surface area (Å²) in [6.45, 7) is 3.40. The van der Waals surface area contributed by atoms with Gasteiger partial charge in [-0.2, -0.15) is 0 Å². The van der Waals surface area contributed by atoms with Crippen LogP contribution in [0.3, 0.4) is 0 Å². The van der Waals surface area contributed by atoms with Gasteiger partial charge in [-0.1, -0.05) is 43.7 Å². The van der Waals surface area contributed by atoms with Gasteiger partial charge in [0.2, 0.25) is 11.8 Å². The lowest BCUT2D eigenvalue weighted by molar-refractivity contribution is -0.139. The summed E-state index contributed by atoms with van der Waals surface area (Å²) < 4.78 is 6.13. The standard InChI is InChI=1S/C28H30N2O3/c1-2-24(19-7-4-3-5-8-19)27(31)29-23-13-11-20(12-14-23)26-17-22-18-30(16-15-25(22)33-26)28(32)21-9-6-10-21/h3-5,7-8,11-14,17,21,24H,2,6,9-10,15-16,18H2,1H3,(H,29,31). The number of hydrogen-bond donors (Lipinski definition) is 1. The van der Waals surface area contributed by atoms with Crippen molar-refractivity contribution >= 4 is 17.5 Å². The van der Waals surface area contributed by atoms with E-state index in [1.807, 2.05) is 66.4 Å². The second kappa shape index (κ2) is 9.26. The molecule has 33 heavy (non-hydrogen) atoms. The van der Waals surface area contributed by atoms with Gasteiger partial charge in [-0.05, 0) is 55.2 Å². The van der Waals surface area contributed by atoms with Gasteiger partial charge < -0.3 is 14.6 Å². The molecule has 5 heteroatoms. The molecule has 1 N–H and O–H groups in total. The van der Waals surface area contributed by atoms with Crippen molar-refractivity contribution in [3.63, 3.8) is 0 Å². The van der Waals surface area contributed by atoms with Crippen molar-refractivity contribution in [2.24, 2.45) is 5.92 Å². The molecule has 0 saturated heterocycles. The van der Waals surface area contributed by atoms with Crippen molar-refractivity contribution in [3.8, 4) is 11.3 Å². The minimum Gasteiger partial charge on any atom is -0.461 e. The first kappa shape index (κ1) is 21.5. The maximum Gasteiger partial charge on any atom is 0.231 e. The van der Waals surface area contributed by atoms with Gasteiger partial charge in [0.1, 0.15) is 11.5 Å². The maximum absolute atomic E-state index is 12.8. The lowest BCUT2D eigenvalue weighted by atomic mass is 9.84. The Kier molecular flexibility index (Phi) is 6.03. The second-order valence-corrected chi connectivity index (χ2v) is 9.13. The minimum atomic E-state index is -0.173. The lowest BCUT2D eigenvalue weighted by Crippen LogP contribution is -2.41. The lowest BCUT2D eigenvalue weighted by Gasteiger charge is -2.33. The van der Waals surface area contributed by atoms with Crippen molar-refractivity contribution in [2.45, 2.75) is 51.5 Å². The number of amides is 2. The second-order valence-electron chi connectivity index (χ2n) is 9.13. The smallest absolute Gasteiger partial charge is 0.231 e. The Bertz CT molecular complexity index is 1130. The van der Waals surface area contributed by atoms with E-state index in [9.17, 15) is 9.59 Å². The summed E-state index contributed by atoms with van der Waals surface area (Å²) in [4.78, 5) is 27.4. The zero-order chi connectivity index (χ0) is 22.8. The Morgan fingerprint density at radius 1 is 1.09 bits per heavy atom. The summed E-state index contributed by atoms with van der Waals surface area (Å²) in [6, 6.07) is 19.7. The molecule has 1 aliphatic carbocycles. The molecular weight excluding hydrogens is 412 g/mol. The van der Waals surface area contributed by atoms with Gasteiger partial charge in [-0.25, -0.2) is 0 Å². The van der Waals surface area contributed by atoms with E-state index in [0.29, 0.717) is 12.5 Å². The molecule has 1 fully saturated rings. The summed E-state index contributed by atoms with van der Waals surface area (Å²) in [5.74, 6) is 2.15. The number of furan rings is 1. The number of rotatable bonds is 6. The quantitative estimate of drug-likeness (QED) is 0.528. The first-order valence-electron chi connectivity index (χ1n) is 12.0. The first-order chi connectivity index (χ1) is 16.1. The van der Waals surface area contributed by atoms with Crippen LogP contribution in [0.1, 0.15) is 55.4 Å². The molecule has 1 atom stereocenters. The molecule has 2 amide bonds. The van der Waals surface area contributed by atoms with Gasteiger partial charge in [0.05, 0.1) is 5.92 Å². The SMILES string of the molecule is CCC(C(=O)Nc1ccc(-c2cc3c(o2)CCN(C(=O)C2CCC2)C3)cc1)c1ccccc1. The van der Waals surface area contributed by atoms with Crippen molar-refractivity contribution < 1.29 is 14.0 Å². The molecule has 5 rings (SSSR count). The highest BCUT2D eigenvalue weighted by Crippen LogP contribution is 2.33. The molecule has 2 aliphatic rings. The molecule has 1 aromatic heterocycles. The normalized spacial score (nSPS) is 16.6. The number of hydrogen-bond acceptors (Lipinski definition) is 3. The van der Waals surface area contributed by atoms with Gasteiger partial charge in [-0.3, -0.25) is 9.59 Å². The minimum absolute atomic E-state index is 0.00105. The Morgan fingerprint density at radius 3 is 2.52 bits per heavy atom. The molecule has 170 valence electrons. The van der Waals surface area contributed by atoms with Crippen molar-refractivity contribution in [1.82, 2.24) is 4.90 Å². The zero-order valence-electron chi connectivity index (χ0n) is 19.0. The summed E-state index contributed by atoms with van der Waals surface area (Å²) >= 11 is 0. The van der Waals surface area contributed by atoms with Crippen LogP contribution in [0.2, 0.25) is 0 Å². The Morgan fingerprint density at radius 2 is 1.85 bits per heavy atom. The van der Waals surface area contributed by atoms with E-state index < -0.39 is 0 Å². The summed E-state index contributed by atoms with van der Waals surface area (Å²) in [5, 5.41) is 3.05. The molecule has 0 bridgehead atoms. The van der Waals surface area contributed by atoms with Crippen LogP contribution >= 0.6 is 0 Å². The van der Waals surface area contributed by atoms with Gasteiger partial charge in [0.25, 0.3) is 0 Å². The maximum atomic E-state index is 12.8. The van der Waals surface area contributed by atoms with Crippen molar-refractivity contribution in [2.75, 3.05) is 11.9 Å². The fourth-order valence-corrected chi connectivity index (χ4v) is 4.78. The third-order valence-electron chi connectivity index (χ3n) is 7.00. The molecule has 2 aromatic carbocycles. The predicted molar refractivity (Wildman–Crippen MR) is 129 cm³/mol. The fourth-order valence-electron chi connectivity index (χ4n) is 4.78. The van der Waals surface area contributed by atoms with E-state index in [1.165, 1.54) is 6.42 Å². The summed E-state index contributed by atoms with van der Waals surface area (Å²) in [7, 11) is 0. The highest BCUT2D eigenvalue weighted by atomic mass is 16.3. The van der Waals surface area contributed by atoms with Crippen LogP contribution < -0.4 is 5.32 Å². The number of benzene rings is 2. The predicted octanol–water partition coefficient (Wildman–Crippen LogP) is 5.76. The van der Waals surface area contributed by atoms with Crippen LogP contribution in [0, 0.1) is 5.92 Å². The van der Waals surface area contributed by atoms with Gasteiger partial charge >= 0.3 is 0 Å². The number of nitrogens with one attached hydrogen (secondary N) is 1. The largest absolute Gasteiger partial charge is 0.461 e. The third-order valence-corrected chi connectivity index (χ3v) is 7.00. The van der Waals surface area contributed by atoms with E-state index in [1.54, 1.807) is 0 Å². The van der Waals surface area contributed by atoms with Crippen LogP contribution in [-0.4, -0.2) is 23.3 Å². The number of nitrogens with zero attached hydrogens (tertiary/aromatic N) is 1.